The van der Waals surface area contributed by atoms with Gasteiger partial charge in [-0.3, -0.25) is 0 Å². The number of hydrogen-bond donors (Lipinski definition) is 0. The van der Waals surface area contributed by atoms with Crippen LogP contribution >= 0.6 is 0 Å². The number of hydrogen-bond acceptors (Lipinski definition) is 4. The highest BCUT2D eigenvalue weighted by Gasteiger charge is 2.37. The minimum atomic E-state index is -4.58. The van der Waals surface area contributed by atoms with E-state index < -0.39 is 11.7 Å². The predicted molar refractivity (Wildman–Crippen MR) is 120 cm³/mol. The lowest BCUT2D eigenvalue weighted by Gasteiger charge is -2.26. The van der Waals surface area contributed by atoms with Crippen molar-refractivity contribution in [3.05, 3.63) is 77.5 Å². The molecule has 7 heteroatoms. The van der Waals surface area contributed by atoms with Crippen molar-refractivity contribution in [2.45, 2.75) is 52.3 Å². The lowest BCUT2D eigenvalue weighted by atomic mass is 10.1. The fraction of sp³-hybridized carbons (Fsp3) is 0.360. The second kappa shape index (κ2) is 11.0. The van der Waals surface area contributed by atoms with Crippen LogP contribution in [0.3, 0.4) is 0 Å². The minimum absolute atomic E-state index is 0.0885. The van der Waals surface area contributed by atoms with Crippen LogP contribution in [0.2, 0.25) is 0 Å². The molecule has 0 fully saturated rings. The van der Waals surface area contributed by atoms with Crippen LogP contribution in [0.15, 0.2) is 60.8 Å². The van der Waals surface area contributed by atoms with E-state index >= 15 is 0 Å². The first-order valence-corrected chi connectivity index (χ1v) is 10.9. The number of halogens is 3. The van der Waals surface area contributed by atoms with Crippen LogP contribution in [-0.2, 0) is 19.2 Å². The van der Waals surface area contributed by atoms with E-state index in [-0.39, 0.29) is 18.4 Å². The smallest absolute Gasteiger partial charge is 0.421 e. The van der Waals surface area contributed by atoms with Gasteiger partial charge in [-0.2, -0.15) is 18.2 Å². The molecule has 0 aliphatic heterocycles. The van der Waals surface area contributed by atoms with Crippen molar-refractivity contribution in [2.75, 3.05) is 11.4 Å². The van der Waals surface area contributed by atoms with Crippen molar-refractivity contribution in [3.63, 3.8) is 0 Å². The summed E-state index contributed by atoms with van der Waals surface area (Å²) >= 11 is 0. The number of unbranched alkanes of at least 4 members (excludes halogenated alkanes) is 2. The van der Waals surface area contributed by atoms with Crippen molar-refractivity contribution in [1.29, 1.82) is 0 Å². The first-order chi connectivity index (χ1) is 15.4. The molecule has 2 aromatic carbocycles. The van der Waals surface area contributed by atoms with E-state index in [1.165, 1.54) is 0 Å². The van der Waals surface area contributed by atoms with Gasteiger partial charge in [0.1, 0.15) is 12.2 Å². The van der Waals surface area contributed by atoms with Gasteiger partial charge >= 0.3 is 12.2 Å². The molecule has 0 bridgehead atoms. The Morgan fingerprint density at radius 2 is 1.69 bits per heavy atom. The molecule has 0 aliphatic carbocycles. The van der Waals surface area contributed by atoms with Crippen molar-refractivity contribution in [1.82, 2.24) is 9.97 Å². The molecule has 32 heavy (non-hydrogen) atoms. The zero-order valence-corrected chi connectivity index (χ0v) is 18.4. The molecule has 0 N–H and O–H groups in total. The zero-order valence-electron chi connectivity index (χ0n) is 18.4. The predicted octanol–water partition coefficient (Wildman–Crippen LogP) is 6.97. The third-order valence-electron chi connectivity index (χ3n) is 5.13. The second-order valence-corrected chi connectivity index (χ2v) is 7.53. The van der Waals surface area contributed by atoms with E-state index in [0.717, 1.165) is 43.0 Å². The van der Waals surface area contributed by atoms with Gasteiger partial charge in [0.05, 0.1) is 0 Å². The maximum atomic E-state index is 13.8. The fourth-order valence-corrected chi connectivity index (χ4v) is 3.47. The molecule has 1 aromatic heterocycles. The Balaban J connectivity index is 1.92. The molecule has 0 aliphatic rings. The Morgan fingerprint density at radius 1 is 0.938 bits per heavy atom. The largest absolute Gasteiger partial charge is 0.459 e. The number of anilines is 2. The van der Waals surface area contributed by atoms with Gasteiger partial charge in [0.15, 0.2) is 5.82 Å². The lowest BCUT2D eigenvalue weighted by molar-refractivity contribution is -0.137. The first kappa shape index (κ1) is 23.6. The SMILES string of the molecule is CCCCCc1cccc(N(CC)c2nc(OCc3ccccc3)ncc2C(F)(F)F)c1. The molecule has 0 amide bonds. The minimum Gasteiger partial charge on any atom is -0.459 e. The lowest BCUT2D eigenvalue weighted by Crippen LogP contribution is -2.23. The third kappa shape index (κ3) is 6.22. The van der Waals surface area contributed by atoms with E-state index in [1.807, 2.05) is 48.5 Å². The monoisotopic (exact) mass is 443 g/mol. The van der Waals surface area contributed by atoms with Crippen LogP contribution in [0.1, 0.15) is 49.8 Å². The molecule has 4 nitrogen and oxygen atoms in total. The van der Waals surface area contributed by atoms with E-state index in [2.05, 4.69) is 16.9 Å². The van der Waals surface area contributed by atoms with Crippen LogP contribution < -0.4 is 9.64 Å². The molecule has 0 atom stereocenters. The Morgan fingerprint density at radius 3 is 2.38 bits per heavy atom. The van der Waals surface area contributed by atoms with Gasteiger partial charge in [-0.15, -0.1) is 0 Å². The van der Waals surface area contributed by atoms with Gasteiger partial charge in [-0.25, -0.2) is 4.98 Å². The Labute approximate surface area is 187 Å². The molecule has 3 rings (SSSR count). The van der Waals surface area contributed by atoms with Gasteiger partial charge < -0.3 is 9.64 Å². The molecule has 0 saturated carbocycles. The first-order valence-electron chi connectivity index (χ1n) is 10.9. The molecule has 1 heterocycles. The summed E-state index contributed by atoms with van der Waals surface area (Å²) in [6, 6.07) is 16.9. The zero-order chi connectivity index (χ0) is 23.0. The number of aromatic nitrogens is 2. The quantitative estimate of drug-likeness (QED) is 0.317. The highest BCUT2D eigenvalue weighted by molar-refractivity contribution is 5.64. The molecule has 170 valence electrons. The molecule has 0 saturated heterocycles. The average molecular weight is 444 g/mol. The number of aryl methyl sites for hydroxylation is 1. The maximum Gasteiger partial charge on any atom is 0.421 e. The molecular weight excluding hydrogens is 415 g/mol. The molecule has 0 unspecified atom stereocenters. The number of ether oxygens (including phenoxy) is 1. The summed E-state index contributed by atoms with van der Waals surface area (Å²) in [5, 5.41) is 0. The van der Waals surface area contributed by atoms with Gasteiger partial charge in [0, 0.05) is 18.4 Å². The highest BCUT2D eigenvalue weighted by atomic mass is 19.4. The topological polar surface area (TPSA) is 38.2 Å². The van der Waals surface area contributed by atoms with Crippen LogP contribution in [0.4, 0.5) is 24.7 Å². The number of benzene rings is 2. The summed E-state index contributed by atoms with van der Waals surface area (Å²) < 4.78 is 46.9. The van der Waals surface area contributed by atoms with Crippen molar-refractivity contribution in [2.24, 2.45) is 0 Å². The van der Waals surface area contributed by atoms with Gasteiger partial charge in [0.2, 0.25) is 0 Å². The van der Waals surface area contributed by atoms with E-state index in [4.69, 9.17) is 4.74 Å². The summed E-state index contributed by atoms with van der Waals surface area (Å²) in [5.41, 5.74) is 1.75. The fourth-order valence-electron chi connectivity index (χ4n) is 3.47. The Hall–Kier alpha value is -3.09. The van der Waals surface area contributed by atoms with Crippen LogP contribution in [0, 0.1) is 0 Å². The summed E-state index contributed by atoms with van der Waals surface area (Å²) in [7, 11) is 0. The molecule has 0 radical (unpaired) electrons. The van der Waals surface area contributed by atoms with Crippen molar-refractivity contribution >= 4 is 11.5 Å². The number of alkyl halides is 3. The highest BCUT2D eigenvalue weighted by Crippen LogP contribution is 2.38. The summed E-state index contributed by atoms with van der Waals surface area (Å²) in [6.45, 7) is 4.43. The Kier molecular flexibility index (Phi) is 8.09. The summed E-state index contributed by atoms with van der Waals surface area (Å²) in [5.74, 6) is -0.205. The van der Waals surface area contributed by atoms with Crippen molar-refractivity contribution < 1.29 is 17.9 Å². The maximum absolute atomic E-state index is 13.8. The summed E-state index contributed by atoms with van der Waals surface area (Å²) in [4.78, 5) is 9.56. The molecule has 0 spiro atoms. The van der Waals surface area contributed by atoms with Gasteiger partial charge in [0.25, 0.3) is 0 Å². The summed E-state index contributed by atoms with van der Waals surface area (Å²) in [6.07, 6.45) is 0.387. The molecular formula is C25H28F3N3O. The Bertz CT molecular complexity index is 993. The van der Waals surface area contributed by atoms with E-state index in [1.54, 1.807) is 17.9 Å². The van der Waals surface area contributed by atoms with Gasteiger partial charge in [-0.1, -0.05) is 62.2 Å². The number of nitrogens with zero attached hydrogens (tertiary/aromatic N) is 3. The number of rotatable bonds is 10. The average Bonchev–Trinajstić information content (AvgIpc) is 2.79. The normalized spacial score (nSPS) is 11.4. The van der Waals surface area contributed by atoms with Gasteiger partial charge in [-0.05, 0) is 43.0 Å². The van der Waals surface area contributed by atoms with Crippen LogP contribution in [0.5, 0.6) is 6.01 Å². The van der Waals surface area contributed by atoms with E-state index in [9.17, 15) is 13.2 Å². The molecule has 3 aromatic rings. The second-order valence-electron chi connectivity index (χ2n) is 7.53. The third-order valence-corrected chi connectivity index (χ3v) is 5.13. The van der Waals surface area contributed by atoms with Crippen molar-refractivity contribution in [3.8, 4) is 6.01 Å². The van der Waals surface area contributed by atoms with Crippen LogP contribution in [0.25, 0.3) is 0 Å². The van der Waals surface area contributed by atoms with Crippen LogP contribution in [-0.4, -0.2) is 16.5 Å². The van der Waals surface area contributed by atoms with E-state index in [0.29, 0.717) is 12.2 Å². The standard InChI is InChI=1S/C25H28F3N3O/c1-3-5-7-11-19-14-10-15-21(16-19)31(4-2)23-22(25(26,27)28)17-29-24(30-23)32-18-20-12-8-6-9-13-20/h6,8-10,12-17H,3-5,7,11,18H2,1-2H3.